The van der Waals surface area contributed by atoms with Crippen molar-refractivity contribution >= 4 is 17.3 Å². The fraction of sp³-hybridized carbons (Fsp3) is 0.300. The van der Waals surface area contributed by atoms with Crippen LogP contribution in [-0.4, -0.2) is 21.6 Å². The molecule has 0 radical (unpaired) electrons. The predicted molar refractivity (Wildman–Crippen MR) is 63.5 cm³/mol. The number of aryl methyl sites for hydroxylation is 1. The Bertz CT molecular complexity index is 497. The van der Waals surface area contributed by atoms with Gasteiger partial charge < -0.3 is 10.5 Å². The summed E-state index contributed by atoms with van der Waals surface area (Å²) in [6.45, 7) is 4.38. The van der Waals surface area contributed by atoms with Gasteiger partial charge in [-0.15, -0.1) is 11.3 Å². The highest BCUT2D eigenvalue weighted by Crippen LogP contribution is 2.27. The molecule has 6 heteroatoms. The van der Waals surface area contributed by atoms with Gasteiger partial charge in [0.1, 0.15) is 0 Å². The van der Waals surface area contributed by atoms with Crippen LogP contribution in [0.25, 0.3) is 10.7 Å². The summed E-state index contributed by atoms with van der Waals surface area (Å²) in [5.74, 6) is 0.754. The van der Waals surface area contributed by atoms with Gasteiger partial charge in [0.15, 0.2) is 5.82 Å². The van der Waals surface area contributed by atoms with Gasteiger partial charge in [0, 0.05) is 0 Å². The highest BCUT2D eigenvalue weighted by molar-refractivity contribution is 7.13. The Morgan fingerprint density at radius 1 is 1.38 bits per heavy atom. The lowest BCUT2D eigenvalue weighted by Crippen LogP contribution is -2.04. The zero-order valence-corrected chi connectivity index (χ0v) is 9.91. The van der Waals surface area contributed by atoms with Gasteiger partial charge in [-0.3, -0.25) is 0 Å². The second kappa shape index (κ2) is 4.44. The Balaban J connectivity index is 2.45. The van der Waals surface area contributed by atoms with Crippen molar-refractivity contribution in [3.63, 3.8) is 0 Å². The van der Waals surface area contributed by atoms with Crippen LogP contribution < -0.4 is 10.5 Å². The maximum atomic E-state index is 5.61. The molecule has 2 aromatic heterocycles. The van der Waals surface area contributed by atoms with E-state index < -0.39 is 0 Å². The number of thiophene rings is 1. The average Bonchev–Trinajstić information content (AvgIpc) is 2.64. The van der Waals surface area contributed by atoms with Gasteiger partial charge >= 0.3 is 6.01 Å². The molecule has 2 rings (SSSR count). The van der Waals surface area contributed by atoms with Crippen LogP contribution >= 0.6 is 11.3 Å². The van der Waals surface area contributed by atoms with Crippen LogP contribution in [0.2, 0.25) is 0 Å². The molecule has 0 aromatic carbocycles. The van der Waals surface area contributed by atoms with E-state index in [9.17, 15) is 0 Å². The van der Waals surface area contributed by atoms with Crippen molar-refractivity contribution in [3.8, 4) is 16.7 Å². The Morgan fingerprint density at radius 3 is 2.81 bits per heavy atom. The third kappa shape index (κ3) is 2.11. The van der Waals surface area contributed by atoms with E-state index in [-0.39, 0.29) is 12.0 Å². The van der Waals surface area contributed by atoms with Crippen LogP contribution in [0.15, 0.2) is 11.4 Å². The summed E-state index contributed by atoms with van der Waals surface area (Å²) < 4.78 is 5.23. The summed E-state index contributed by atoms with van der Waals surface area (Å²) in [6, 6.07) is 2.29. The molecule has 0 aliphatic carbocycles. The molecular weight excluding hydrogens is 224 g/mol. The maximum Gasteiger partial charge on any atom is 0.321 e. The van der Waals surface area contributed by atoms with Crippen LogP contribution in [0.1, 0.15) is 12.5 Å². The number of nitrogens with two attached hydrogens (primary N) is 1. The third-order valence-electron chi connectivity index (χ3n) is 1.97. The van der Waals surface area contributed by atoms with E-state index in [2.05, 4.69) is 15.0 Å². The minimum absolute atomic E-state index is 0.182. The molecule has 0 atom stereocenters. The topological polar surface area (TPSA) is 73.9 Å². The van der Waals surface area contributed by atoms with Gasteiger partial charge in [0.2, 0.25) is 5.95 Å². The second-order valence-electron chi connectivity index (χ2n) is 3.17. The van der Waals surface area contributed by atoms with Crippen molar-refractivity contribution in [3.05, 3.63) is 17.0 Å². The normalized spacial score (nSPS) is 10.4. The Morgan fingerprint density at radius 2 is 2.19 bits per heavy atom. The van der Waals surface area contributed by atoms with Gasteiger partial charge in [0.25, 0.3) is 0 Å². The Hall–Kier alpha value is -1.69. The van der Waals surface area contributed by atoms with Crippen LogP contribution in [0, 0.1) is 6.92 Å². The molecule has 16 heavy (non-hydrogen) atoms. The van der Waals surface area contributed by atoms with Crippen LogP contribution in [0.3, 0.4) is 0 Å². The Labute approximate surface area is 97.3 Å². The molecule has 0 aliphatic rings. The standard InChI is InChI=1S/C10H12N4OS/c1-3-15-10-13-8(12-9(11)14-10)7-6(2)4-5-16-7/h4-5H,3H2,1-2H3,(H2,11,12,13,14). The van der Waals surface area contributed by atoms with E-state index in [4.69, 9.17) is 10.5 Å². The first-order valence-corrected chi connectivity index (χ1v) is 5.77. The van der Waals surface area contributed by atoms with Gasteiger partial charge in [-0.05, 0) is 30.9 Å². The molecule has 2 aromatic rings. The molecule has 0 aliphatic heterocycles. The van der Waals surface area contributed by atoms with E-state index in [0.717, 1.165) is 10.4 Å². The van der Waals surface area contributed by atoms with E-state index in [1.165, 1.54) is 0 Å². The highest BCUT2D eigenvalue weighted by atomic mass is 32.1. The fourth-order valence-corrected chi connectivity index (χ4v) is 2.13. The summed E-state index contributed by atoms with van der Waals surface area (Å²) in [5, 5.41) is 1.99. The zero-order chi connectivity index (χ0) is 11.5. The van der Waals surface area contributed by atoms with Crippen molar-refractivity contribution in [1.29, 1.82) is 0 Å². The summed E-state index contributed by atoms with van der Waals surface area (Å²) in [6.07, 6.45) is 0. The highest BCUT2D eigenvalue weighted by Gasteiger charge is 2.10. The molecule has 0 saturated carbocycles. The van der Waals surface area contributed by atoms with Crippen molar-refractivity contribution in [1.82, 2.24) is 15.0 Å². The number of nitrogen functional groups attached to an aromatic ring is 1. The molecule has 0 amide bonds. The third-order valence-corrected chi connectivity index (χ3v) is 2.98. The van der Waals surface area contributed by atoms with Crippen molar-refractivity contribution in [2.75, 3.05) is 12.3 Å². The lowest BCUT2D eigenvalue weighted by atomic mass is 10.3. The number of nitrogens with zero attached hydrogens (tertiary/aromatic N) is 3. The minimum Gasteiger partial charge on any atom is -0.464 e. The second-order valence-corrected chi connectivity index (χ2v) is 4.08. The summed E-state index contributed by atoms with van der Waals surface area (Å²) in [4.78, 5) is 13.2. The molecule has 0 fully saturated rings. The van der Waals surface area contributed by atoms with E-state index in [1.54, 1.807) is 11.3 Å². The number of aromatic nitrogens is 3. The van der Waals surface area contributed by atoms with Crippen LogP contribution in [0.5, 0.6) is 6.01 Å². The van der Waals surface area contributed by atoms with Crippen LogP contribution in [-0.2, 0) is 0 Å². The van der Waals surface area contributed by atoms with E-state index in [1.807, 2.05) is 25.3 Å². The molecule has 0 unspecified atom stereocenters. The fourth-order valence-electron chi connectivity index (χ4n) is 1.27. The SMILES string of the molecule is CCOc1nc(N)nc(-c2sccc2C)n1. The van der Waals surface area contributed by atoms with Gasteiger partial charge in [-0.25, -0.2) is 0 Å². The first-order chi connectivity index (χ1) is 7.70. The largest absolute Gasteiger partial charge is 0.464 e. The minimum atomic E-state index is 0.182. The van der Waals surface area contributed by atoms with Crippen molar-refractivity contribution in [2.45, 2.75) is 13.8 Å². The molecule has 0 spiro atoms. The summed E-state index contributed by atoms with van der Waals surface area (Å²) in [7, 11) is 0. The number of rotatable bonds is 3. The first kappa shape index (κ1) is 10.8. The summed E-state index contributed by atoms with van der Waals surface area (Å²) in [5.41, 5.74) is 6.73. The molecule has 0 bridgehead atoms. The zero-order valence-electron chi connectivity index (χ0n) is 9.10. The smallest absolute Gasteiger partial charge is 0.321 e. The monoisotopic (exact) mass is 236 g/mol. The Kier molecular flexibility index (Phi) is 3.00. The van der Waals surface area contributed by atoms with Gasteiger partial charge in [-0.2, -0.15) is 15.0 Å². The number of hydrogen-bond acceptors (Lipinski definition) is 6. The number of hydrogen-bond donors (Lipinski definition) is 1. The predicted octanol–water partition coefficient (Wildman–Crippen LogP) is 1.89. The molecular formula is C10H12N4OS. The van der Waals surface area contributed by atoms with Crippen molar-refractivity contribution in [2.24, 2.45) is 0 Å². The molecule has 5 nitrogen and oxygen atoms in total. The average molecular weight is 236 g/mol. The number of ether oxygens (including phenoxy) is 1. The van der Waals surface area contributed by atoms with Gasteiger partial charge in [0.05, 0.1) is 11.5 Å². The lowest BCUT2D eigenvalue weighted by molar-refractivity contribution is 0.312. The summed E-state index contributed by atoms with van der Waals surface area (Å²) >= 11 is 1.57. The van der Waals surface area contributed by atoms with E-state index in [0.29, 0.717) is 12.4 Å². The molecule has 84 valence electrons. The lowest BCUT2D eigenvalue weighted by Gasteiger charge is -2.04. The molecule has 2 heterocycles. The molecule has 2 N–H and O–H groups in total. The van der Waals surface area contributed by atoms with Crippen LogP contribution in [0.4, 0.5) is 5.95 Å². The van der Waals surface area contributed by atoms with Gasteiger partial charge in [-0.1, -0.05) is 0 Å². The first-order valence-electron chi connectivity index (χ1n) is 4.89. The van der Waals surface area contributed by atoms with Crippen molar-refractivity contribution < 1.29 is 4.74 Å². The number of anilines is 1. The molecule has 0 saturated heterocycles. The quantitative estimate of drug-likeness (QED) is 0.880. The maximum absolute atomic E-state index is 5.61. The van der Waals surface area contributed by atoms with E-state index >= 15 is 0 Å².